The lowest BCUT2D eigenvalue weighted by Crippen LogP contribution is -2.37. The third-order valence-electron chi connectivity index (χ3n) is 5.48. The zero-order valence-corrected chi connectivity index (χ0v) is 18.1. The minimum Gasteiger partial charge on any atom is -0.496 e. The van der Waals surface area contributed by atoms with Crippen LogP contribution < -0.4 is 4.74 Å². The van der Waals surface area contributed by atoms with Gasteiger partial charge < -0.3 is 14.5 Å². The molecule has 0 N–H and O–H groups in total. The average molecular weight is 432 g/mol. The number of hydrogen-bond acceptors (Lipinski definition) is 4. The minimum atomic E-state index is -0.340. The van der Waals surface area contributed by atoms with Gasteiger partial charge in [0.25, 0.3) is 5.91 Å². The van der Waals surface area contributed by atoms with E-state index in [1.165, 1.54) is 6.07 Å². The Balaban J connectivity index is 1.53. The monoisotopic (exact) mass is 432 g/mol. The van der Waals surface area contributed by atoms with Gasteiger partial charge in [-0.15, -0.1) is 0 Å². The van der Waals surface area contributed by atoms with Crippen molar-refractivity contribution in [3.05, 3.63) is 101 Å². The van der Waals surface area contributed by atoms with Crippen LogP contribution in [0.5, 0.6) is 5.75 Å². The third kappa shape index (κ3) is 4.80. The van der Waals surface area contributed by atoms with Gasteiger partial charge in [-0.25, -0.2) is 4.39 Å². The van der Waals surface area contributed by atoms with E-state index in [0.717, 1.165) is 22.6 Å². The van der Waals surface area contributed by atoms with E-state index < -0.39 is 0 Å². The first-order valence-corrected chi connectivity index (χ1v) is 10.5. The van der Waals surface area contributed by atoms with Crippen LogP contribution in [0.4, 0.5) is 4.39 Å². The molecule has 0 saturated carbocycles. The van der Waals surface area contributed by atoms with Crippen LogP contribution in [-0.2, 0) is 11.4 Å². The molecule has 0 spiro atoms. The highest BCUT2D eigenvalue weighted by atomic mass is 19.1. The molecule has 6 heteroatoms. The molecule has 1 unspecified atom stereocenters. The maximum Gasteiger partial charge on any atom is 0.254 e. The zero-order chi connectivity index (χ0) is 22.5. The first-order chi connectivity index (χ1) is 15.5. The SMILES string of the molecule is COc1ccccc1C1=NOC(CN(Cc2ccccc2F)C(=O)c2ccc(C)cc2)C1. The summed E-state index contributed by atoms with van der Waals surface area (Å²) < 4.78 is 19.8. The quantitative estimate of drug-likeness (QED) is 0.529. The number of carbonyl (C=O) groups is 1. The molecule has 164 valence electrons. The molecule has 1 aliphatic rings. The van der Waals surface area contributed by atoms with Crippen LogP contribution >= 0.6 is 0 Å². The Morgan fingerprint density at radius 2 is 1.81 bits per heavy atom. The molecule has 5 nitrogen and oxygen atoms in total. The van der Waals surface area contributed by atoms with Gasteiger partial charge in [0.15, 0.2) is 6.10 Å². The summed E-state index contributed by atoms with van der Waals surface area (Å²) in [7, 11) is 1.61. The number of hydrogen-bond donors (Lipinski definition) is 0. The van der Waals surface area contributed by atoms with Gasteiger partial charge in [0, 0.05) is 29.7 Å². The summed E-state index contributed by atoms with van der Waals surface area (Å²) in [6, 6.07) is 21.5. The summed E-state index contributed by atoms with van der Waals surface area (Å²) in [5.74, 6) is 0.199. The lowest BCUT2D eigenvalue weighted by Gasteiger charge is -2.25. The third-order valence-corrected chi connectivity index (χ3v) is 5.48. The van der Waals surface area contributed by atoms with Crippen molar-refractivity contribution in [2.75, 3.05) is 13.7 Å². The zero-order valence-electron chi connectivity index (χ0n) is 18.1. The number of carbonyl (C=O) groups excluding carboxylic acids is 1. The Morgan fingerprint density at radius 3 is 2.56 bits per heavy atom. The molecule has 32 heavy (non-hydrogen) atoms. The van der Waals surface area contributed by atoms with Crippen molar-refractivity contribution in [3.8, 4) is 5.75 Å². The molecule has 0 fully saturated rings. The number of halogens is 1. The summed E-state index contributed by atoms with van der Waals surface area (Å²) in [4.78, 5) is 20.6. The van der Waals surface area contributed by atoms with Crippen LogP contribution in [0.3, 0.4) is 0 Å². The predicted octanol–water partition coefficient (Wildman–Crippen LogP) is 4.98. The summed E-state index contributed by atoms with van der Waals surface area (Å²) in [6.45, 7) is 2.39. The Hall–Kier alpha value is -3.67. The molecule has 0 aromatic heterocycles. The smallest absolute Gasteiger partial charge is 0.254 e. The van der Waals surface area contributed by atoms with Gasteiger partial charge in [-0.1, -0.05) is 53.2 Å². The lowest BCUT2D eigenvalue weighted by atomic mass is 10.0. The highest BCUT2D eigenvalue weighted by Crippen LogP contribution is 2.25. The maximum absolute atomic E-state index is 14.3. The van der Waals surface area contributed by atoms with E-state index in [4.69, 9.17) is 9.57 Å². The lowest BCUT2D eigenvalue weighted by molar-refractivity contribution is 0.0403. The van der Waals surface area contributed by atoms with Crippen molar-refractivity contribution >= 4 is 11.6 Å². The van der Waals surface area contributed by atoms with Crippen LogP contribution in [0.15, 0.2) is 78.0 Å². The molecule has 0 radical (unpaired) electrons. The molecule has 0 bridgehead atoms. The first-order valence-electron chi connectivity index (χ1n) is 10.5. The van der Waals surface area contributed by atoms with Crippen LogP contribution in [0.2, 0.25) is 0 Å². The Morgan fingerprint density at radius 1 is 1.09 bits per heavy atom. The van der Waals surface area contributed by atoms with Gasteiger partial charge >= 0.3 is 0 Å². The Bertz CT molecular complexity index is 1130. The topological polar surface area (TPSA) is 51.1 Å². The van der Waals surface area contributed by atoms with Crippen molar-refractivity contribution in [2.45, 2.75) is 26.0 Å². The number of nitrogens with zero attached hydrogens (tertiary/aromatic N) is 2. The number of aryl methyl sites for hydroxylation is 1. The van der Waals surface area contributed by atoms with E-state index >= 15 is 0 Å². The largest absolute Gasteiger partial charge is 0.496 e. The molecule has 1 aliphatic heterocycles. The van der Waals surface area contributed by atoms with E-state index in [2.05, 4.69) is 5.16 Å². The van der Waals surface area contributed by atoms with Gasteiger partial charge in [-0.2, -0.15) is 0 Å². The first kappa shape index (κ1) is 21.6. The van der Waals surface area contributed by atoms with E-state index in [9.17, 15) is 9.18 Å². The van der Waals surface area contributed by atoms with E-state index in [0.29, 0.717) is 17.5 Å². The van der Waals surface area contributed by atoms with Crippen LogP contribution in [0, 0.1) is 12.7 Å². The molecular formula is C26H25FN2O3. The van der Waals surface area contributed by atoms with Crippen molar-refractivity contribution in [1.29, 1.82) is 0 Å². The van der Waals surface area contributed by atoms with Gasteiger partial charge in [0.1, 0.15) is 11.6 Å². The molecule has 0 aliphatic carbocycles. The molecule has 1 amide bonds. The molecular weight excluding hydrogens is 407 g/mol. The Kier molecular flexibility index (Phi) is 6.50. The maximum atomic E-state index is 14.3. The highest BCUT2D eigenvalue weighted by molar-refractivity contribution is 6.03. The van der Waals surface area contributed by atoms with Gasteiger partial charge in [-0.3, -0.25) is 4.79 Å². The van der Waals surface area contributed by atoms with Crippen molar-refractivity contribution < 1.29 is 18.8 Å². The predicted molar refractivity (Wildman–Crippen MR) is 121 cm³/mol. The molecule has 3 aromatic carbocycles. The van der Waals surface area contributed by atoms with Gasteiger partial charge in [-0.05, 0) is 37.3 Å². The van der Waals surface area contributed by atoms with Crippen LogP contribution in [0.1, 0.15) is 33.5 Å². The minimum absolute atomic E-state index is 0.142. The molecule has 4 rings (SSSR count). The summed E-state index contributed by atoms with van der Waals surface area (Å²) in [6.07, 6.45) is 0.186. The normalized spacial score (nSPS) is 15.1. The fourth-order valence-electron chi connectivity index (χ4n) is 3.74. The van der Waals surface area contributed by atoms with Crippen LogP contribution in [0.25, 0.3) is 0 Å². The standard InChI is InChI=1S/C26H25FN2O3/c1-18-11-13-19(14-12-18)26(30)29(16-20-7-3-5-9-23(20)27)17-21-15-24(28-32-21)22-8-4-6-10-25(22)31-2/h3-14,21H,15-17H2,1-2H3. The second-order valence-electron chi connectivity index (χ2n) is 7.81. The van der Waals surface area contributed by atoms with E-state index in [1.54, 1.807) is 42.3 Å². The fraction of sp³-hybridized carbons (Fsp3) is 0.231. The fourth-order valence-corrected chi connectivity index (χ4v) is 3.74. The van der Waals surface area contributed by atoms with E-state index in [-0.39, 0.29) is 30.9 Å². The molecule has 0 saturated heterocycles. The highest BCUT2D eigenvalue weighted by Gasteiger charge is 2.29. The molecule has 1 atom stereocenters. The molecule has 1 heterocycles. The van der Waals surface area contributed by atoms with Crippen LogP contribution in [-0.4, -0.2) is 36.3 Å². The number of rotatable bonds is 7. The van der Waals surface area contributed by atoms with Gasteiger partial charge in [0.05, 0.1) is 19.4 Å². The average Bonchev–Trinajstić information content (AvgIpc) is 3.28. The summed E-state index contributed by atoms with van der Waals surface area (Å²) in [5.41, 5.74) is 3.70. The second-order valence-corrected chi connectivity index (χ2v) is 7.81. The number of methoxy groups -OCH3 is 1. The number of oxime groups is 1. The van der Waals surface area contributed by atoms with E-state index in [1.807, 2.05) is 43.3 Å². The Labute approximate surface area is 187 Å². The number of para-hydroxylation sites is 1. The van der Waals surface area contributed by atoms with Crippen molar-refractivity contribution in [1.82, 2.24) is 4.90 Å². The number of benzene rings is 3. The summed E-state index contributed by atoms with van der Waals surface area (Å²) >= 11 is 0. The molecule has 3 aromatic rings. The summed E-state index contributed by atoms with van der Waals surface area (Å²) in [5, 5.41) is 4.24. The second kappa shape index (κ2) is 9.64. The van der Waals surface area contributed by atoms with Crippen molar-refractivity contribution in [2.24, 2.45) is 5.16 Å². The van der Waals surface area contributed by atoms with Crippen molar-refractivity contribution in [3.63, 3.8) is 0 Å². The number of ether oxygens (including phenoxy) is 1. The van der Waals surface area contributed by atoms with Gasteiger partial charge in [0.2, 0.25) is 0 Å². The number of amides is 1.